The van der Waals surface area contributed by atoms with Crippen molar-refractivity contribution >= 4 is 43.0 Å². The molecule has 0 aliphatic heterocycles. The summed E-state index contributed by atoms with van der Waals surface area (Å²) in [4.78, 5) is 17.1. The van der Waals surface area contributed by atoms with Gasteiger partial charge in [-0.05, 0) is 46.5 Å². The van der Waals surface area contributed by atoms with Gasteiger partial charge in [0.15, 0.2) is 0 Å². The molecule has 4 rings (SSSR count). The standard InChI is InChI=1S/C18H17BrN6OS/c1-2-14-9-16(26)25-18(22-14)27-17(23-25)21-15-5-3-12(4-6-15)7-8-24-11-13(19)10-20-24/h3-6,9-11H,2,7-8H2,1H3,(H,21,23). The van der Waals surface area contributed by atoms with E-state index in [1.807, 2.05) is 29.9 Å². The monoisotopic (exact) mass is 444 g/mol. The van der Waals surface area contributed by atoms with Gasteiger partial charge in [-0.15, -0.1) is 5.10 Å². The Balaban J connectivity index is 1.45. The van der Waals surface area contributed by atoms with Crippen molar-refractivity contribution in [3.8, 4) is 0 Å². The second-order valence-corrected chi connectivity index (χ2v) is 7.91. The summed E-state index contributed by atoms with van der Waals surface area (Å²) in [6, 6.07) is 9.70. The van der Waals surface area contributed by atoms with E-state index in [2.05, 4.69) is 48.6 Å². The minimum Gasteiger partial charge on any atom is -0.330 e. The van der Waals surface area contributed by atoms with Gasteiger partial charge < -0.3 is 5.32 Å². The van der Waals surface area contributed by atoms with Gasteiger partial charge in [-0.25, -0.2) is 4.98 Å². The number of halogens is 1. The second-order valence-electron chi connectivity index (χ2n) is 6.03. The molecule has 0 aliphatic carbocycles. The van der Waals surface area contributed by atoms with E-state index < -0.39 is 0 Å². The third-order valence-electron chi connectivity index (χ3n) is 4.10. The van der Waals surface area contributed by atoms with E-state index in [9.17, 15) is 4.79 Å². The first-order chi connectivity index (χ1) is 13.1. The molecule has 4 aromatic rings. The van der Waals surface area contributed by atoms with Crippen molar-refractivity contribution < 1.29 is 0 Å². The normalized spacial score (nSPS) is 11.2. The molecule has 0 radical (unpaired) electrons. The zero-order chi connectivity index (χ0) is 18.8. The Morgan fingerprint density at radius 2 is 2.07 bits per heavy atom. The molecule has 0 atom stereocenters. The molecule has 27 heavy (non-hydrogen) atoms. The lowest BCUT2D eigenvalue weighted by molar-refractivity contribution is 0.614. The number of benzene rings is 1. The first kappa shape index (κ1) is 17.9. The molecule has 0 fully saturated rings. The van der Waals surface area contributed by atoms with Crippen LogP contribution in [0.3, 0.4) is 0 Å². The van der Waals surface area contributed by atoms with Gasteiger partial charge in [0.2, 0.25) is 10.1 Å². The molecule has 0 aliphatic rings. The van der Waals surface area contributed by atoms with Gasteiger partial charge in [0, 0.05) is 30.2 Å². The number of hydrogen-bond acceptors (Lipinski definition) is 6. The fourth-order valence-electron chi connectivity index (χ4n) is 2.67. The minimum absolute atomic E-state index is 0.151. The first-order valence-corrected chi connectivity index (χ1v) is 10.2. The number of aromatic nitrogens is 5. The van der Waals surface area contributed by atoms with E-state index in [1.54, 1.807) is 6.20 Å². The van der Waals surface area contributed by atoms with Gasteiger partial charge in [-0.1, -0.05) is 30.4 Å². The van der Waals surface area contributed by atoms with Gasteiger partial charge in [0.05, 0.1) is 10.7 Å². The molecule has 0 bridgehead atoms. The van der Waals surface area contributed by atoms with E-state index in [1.165, 1.54) is 27.5 Å². The maximum Gasteiger partial charge on any atom is 0.275 e. The van der Waals surface area contributed by atoms with E-state index in [-0.39, 0.29) is 5.56 Å². The summed E-state index contributed by atoms with van der Waals surface area (Å²) >= 11 is 4.77. The molecule has 9 heteroatoms. The lowest BCUT2D eigenvalue weighted by Crippen LogP contribution is -2.15. The Kier molecular flexibility index (Phi) is 5.04. The molecule has 0 amide bonds. The summed E-state index contributed by atoms with van der Waals surface area (Å²) < 4.78 is 4.23. The Labute approximate surface area is 167 Å². The van der Waals surface area contributed by atoms with Crippen LogP contribution < -0.4 is 10.9 Å². The number of nitrogens with zero attached hydrogens (tertiary/aromatic N) is 5. The van der Waals surface area contributed by atoms with Crippen LogP contribution in [0.1, 0.15) is 18.2 Å². The Bertz CT molecular complexity index is 1130. The average Bonchev–Trinajstić information content (AvgIpc) is 3.27. The van der Waals surface area contributed by atoms with Gasteiger partial charge in [-0.2, -0.15) is 9.61 Å². The Morgan fingerprint density at radius 1 is 1.26 bits per heavy atom. The zero-order valence-corrected chi connectivity index (χ0v) is 17.0. The largest absolute Gasteiger partial charge is 0.330 e. The topological polar surface area (TPSA) is 77.1 Å². The summed E-state index contributed by atoms with van der Waals surface area (Å²) in [7, 11) is 0. The van der Waals surface area contributed by atoms with E-state index >= 15 is 0 Å². The Hall–Kier alpha value is -2.52. The van der Waals surface area contributed by atoms with Crippen LogP contribution in [0.2, 0.25) is 0 Å². The van der Waals surface area contributed by atoms with E-state index in [0.717, 1.165) is 35.2 Å². The number of rotatable bonds is 6. The maximum absolute atomic E-state index is 12.1. The van der Waals surface area contributed by atoms with Gasteiger partial charge in [0.25, 0.3) is 5.56 Å². The van der Waals surface area contributed by atoms with Crippen molar-refractivity contribution in [2.45, 2.75) is 26.3 Å². The molecular weight excluding hydrogens is 428 g/mol. The number of fused-ring (bicyclic) bond motifs is 1. The first-order valence-electron chi connectivity index (χ1n) is 8.54. The van der Waals surface area contributed by atoms with Crippen molar-refractivity contribution in [2.24, 2.45) is 0 Å². The fraction of sp³-hybridized carbons (Fsp3) is 0.222. The van der Waals surface area contributed by atoms with Crippen LogP contribution >= 0.6 is 27.3 Å². The van der Waals surface area contributed by atoms with Crippen LogP contribution in [0.15, 0.2) is 52.0 Å². The van der Waals surface area contributed by atoms with Crippen molar-refractivity contribution in [3.63, 3.8) is 0 Å². The summed E-state index contributed by atoms with van der Waals surface area (Å²) in [6.07, 6.45) is 5.37. The molecule has 0 unspecified atom stereocenters. The van der Waals surface area contributed by atoms with Crippen molar-refractivity contribution in [1.29, 1.82) is 0 Å². The molecule has 0 saturated heterocycles. The highest BCUT2D eigenvalue weighted by Gasteiger charge is 2.08. The summed E-state index contributed by atoms with van der Waals surface area (Å²) in [6.45, 7) is 2.80. The number of aryl methyl sites for hydroxylation is 3. The predicted molar refractivity (Wildman–Crippen MR) is 110 cm³/mol. The molecule has 7 nitrogen and oxygen atoms in total. The van der Waals surface area contributed by atoms with Crippen LogP contribution in [-0.4, -0.2) is 24.4 Å². The van der Waals surface area contributed by atoms with Crippen LogP contribution in [0, 0.1) is 0 Å². The molecule has 1 aromatic carbocycles. The lowest BCUT2D eigenvalue weighted by atomic mass is 10.1. The van der Waals surface area contributed by atoms with Crippen LogP contribution in [0.5, 0.6) is 0 Å². The predicted octanol–water partition coefficient (Wildman–Crippen LogP) is 3.66. The lowest BCUT2D eigenvalue weighted by Gasteiger charge is -2.05. The Morgan fingerprint density at radius 3 is 2.78 bits per heavy atom. The molecule has 0 spiro atoms. The molecule has 138 valence electrons. The van der Waals surface area contributed by atoms with Crippen molar-refractivity contribution in [1.82, 2.24) is 24.4 Å². The van der Waals surface area contributed by atoms with Crippen LogP contribution in [0.25, 0.3) is 4.96 Å². The summed E-state index contributed by atoms with van der Waals surface area (Å²) in [5.41, 5.74) is 2.77. The van der Waals surface area contributed by atoms with Gasteiger partial charge >= 0.3 is 0 Å². The van der Waals surface area contributed by atoms with Crippen LogP contribution in [-0.2, 0) is 19.4 Å². The minimum atomic E-state index is -0.151. The fourth-order valence-corrected chi connectivity index (χ4v) is 3.84. The number of nitrogens with one attached hydrogen (secondary N) is 1. The highest BCUT2D eigenvalue weighted by molar-refractivity contribution is 9.10. The molecule has 1 N–H and O–H groups in total. The number of anilines is 2. The highest BCUT2D eigenvalue weighted by Crippen LogP contribution is 2.22. The SMILES string of the molecule is CCc1cc(=O)n2nc(Nc3ccc(CCn4cc(Br)cn4)cc3)sc2n1. The van der Waals surface area contributed by atoms with Gasteiger partial charge in [-0.3, -0.25) is 9.48 Å². The van der Waals surface area contributed by atoms with Crippen molar-refractivity contribution in [3.05, 3.63) is 68.8 Å². The number of hydrogen-bond donors (Lipinski definition) is 1. The smallest absolute Gasteiger partial charge is 0.275 e. The second kappa shape index (κ2) is 7.61. The molecule has 3 heterocycles. The zero-order valence-electron chi connectivity index (χ0n) is 14.6. The molecular formula is C18H17BrN6OS. The third-order valence-corrected chi connectivity index (χ3v) is 5.33. The summed E-state index contributed by atoms with van der Waals surface area (Å²) in [5.74, 6) is 0. The van der Waals surface area contributed by atoms with Gasteiger partial charge in [0.1, 0.15) is 0 Å². The van der Waals surface area contributed by atoms with Crippen LogP contribution in [0.4, 0.5) is 10.8 Å². The molecule has 3 aromatic heterocycles. The quantitative estimate of drug-likeness (QED) is 0.490. The average molecular weight is 445 g/mol. The van der Waals surface area contributed by atoms with E-state index in [0.29, 0.717) is 10.1 Å². The molecule has 0 saturated carbocycles. The van der Waals surface area contributed by atoms with E-state index in [4.69, 9.17) is 0 Å². The highest BCUT2D eigenvalue weighted by atomic mass is 79.9. The summed E-state index contributed by atoms with van der Waals surface area (Å²) in [5, 5.41) is 12.5. The van der Waals surface area contributed by atoms with Crippen molar-refractivity contribution in [2.75, 3.05) is 5.32 Å². The maximum atomic E-state index is 12.1. The third kappa shape index (κ3) is 4.09.